The number of fused-ring (bicyclic) bond motifs is 1. The molecular weight excluding hydrogens is 340 g/mol. The molecule has 0 atom stereocenters. The molecule has 0 bridgehead atoms. The van der Waals surface area contributed by atoms with Crippen LogP contribution in [-0.2, 0) is 17.6 Å². The van der Waals surface area contributed by atoms with Gasteiger partial charge in [-0.05, 0) is 42.5 Å². The SMILES string of the molecule is O=C(COc1ccc2c(c1)CCC2)NNc1c(F)c(F)cc(F)c1F. The molecule has 0 aliphatic heterocycles. The molecule has 1 aliphatic carbocycles. The summed E-state index contributed by atoms with van der Waals surface area (Å²) in [5.74, 6) is -6.72. The molecule has 0 unspecified atom stereocenters. The number of rotatable bonds is 5. The third-order valence-corrected chi connectivity index (χ3v) is 3.88. The molecule has 0 fully saturated rings. The summed E-state index contributed by atoms with van der Waals surface area (Å²) in [5, 5.41) is 0. The maximum absolute atomic E-state index is 13.4. The Kier molecular flexibility index (Phi) is 4.78. The van der Waals surface area contributed by atoms with Gasteiger partial charge < -0.3 is 4.74 Å². The Bertz CT molecular complexity index is 801. The highest BCUT2D eigenvalue weighted by Crippen LogP contribution is 2.26. The van der Waals surface area contributed by atoms with Crippen molar-refractivity contribution in [2.24, 2.45) is 0 Å². The number of nitrogens with one attached hydrogen (secondary N) is 2. The van der Waals surface area contributed by atoms with Crippen LogP contribution in [0.5, 0.6) is 5.75 Å². The van der Waals surface area contributed by atoms with E-state index in [0.29, 0.717) is 5.75 Å². The minimum Gasteiger partial charge on any atom is -0.484 e. The lowest BCUT2D eigenvalue weighted by Gasteiger charge is -2.12. The number of aryl methyl sites for hydroxylation is 2. The number of ether oxygens (including phenoxy) is 1. The van der Waals surface area contributed by atoms with Gasteiger partial charge in [0, 0.05) is 6.07 Å². The molecule has 1 aliphatic rings. The van der Waals surface area contributed by atoms with Crippen LogP contribution in [0, 0.1) is 23.3 Å². The molecule has 2 N–H and O–H groups in total. The predicted molar refractivity (Wildman–Crippen MR) is 82.0 cm³/mol. The molecule has 0 saturated heterocycles. The van der Waals surface area contributed by atoms with E-state index in [9.17, 15) is 22.4 Å². The zero-order chi connectivity index (χ0) is 18.0. The van der Waals surface area contributed by atoms with Crippen LogP contribution in [0.25, 0.3) is 0 Å². The van der Waals surface area contributed by atoms with Crippen LogP contribution in [0.15, 0.2) is 24.3 Å². The van der Waals surface area contributed by atoms with Gasteiger partial charge in [0.25, 0.3) is 5.91 Å². The monoisotopic (exact) mass is 354 g/mol. The first kappa shape index (κ1) is 17.1. The molecule has 0 radical (unpaired) electrons. The largest absolute Gasteiger partial charge is 0.484 e. The number of hydrazine groups is 1. The molecule has 0 aromatic heterocycles. The molecule has 25 heavy (non-hydrogen) atoms. The van der Waals surface area contributed by atoms with Crippen molar-refractivity contribution in [3.8, 4) is 5.75 Å². The second kappa shape index (κ2) is 7.00. The summed E-state index contributed by atoms with van der Waals surface area (Å²) in [6.45, 7) is -0.438. The molecule has 0 heterocycles. The summed E-state index contributed by atoms with van der Waals surface area (Å²) < 4.78 is 58.3. The van der Waals surface area contributed by atoms with E-state index in [-0.39, 0.29) is 6.07 Å². The summed E-state index contributed by atoms with van der Waals surface area (Å²) >= 11 is 0. The number of benzene rings is 2. The van der Waals surface area contributed by atoms with E-state index in [4.69, 9.17) is 4.74 Å². The van der Waals surface area contributed by atoms with Gasteiger partial charge in [-0.3, -0.25) is 15.6 Å². The van der Waals surface area contributed by atoms with Crippen molar-refractivity contribution < 1.29 is 27.1 Å². The standard InChI is InChI=1S/C17H14F4N2O2/c18-12-7-13(19)16(21)17(15(12)20)23-22-14(24)8-25-11-5-4-9-2-1-3-10(9)6-11/h4-7,23H,1-3,8H2,(H,22,24). The molecule has 3 rings (SSSR count). The number of carbonyl (C=O) groups is 1. The van der Waals surface area contributed by atoms with E-state index < -0.39 is 41.5 Å². The van der Waals surface area contributed by atoms with Crippen LogP contribution < -0.4 is 15.6 Å². The Morgan fingerprint density at radius 3 is 2.40 bits per heavy atom. The maximum Gasteiger partial charge on any atom is 0.276 e. The van der Waals surface area contributed by atoms with E-state index in [2.05, 4.69) is 0 Å². The lowest BCUT2D eigenvalue weighted by atomic mass is 10.1. The van der Waals surface area contributed by atoms with Crippen molar-refractivity contribution in [2.45, 2.75) is 19.3 Å². The van der Waals surface area contributed by atoms with Gasteiger partial charge in [-0.25, -0.2) is 17.6 Å². The Hall–Kier alpha value is -2.77. The minimum atomic E-state index is -1.64. The third-order valence-electron chi connectivity index (χ3n) is 3.88. The van der Waals surface area contributed by atoms with Gasteiger partial charge in [-0.1, -0.05) is 6.07 Å². The van der Waals surface area contributed by atoms with Crippen LogP contribution >= 0.6 is 0 Å². The second-order valence-corrected chi connectivity index (χ2v) is 5.59. The van der Waals surface area contributed by atoms with Crippen LogP contribution in [0.3, 0.4) is 0 Å². The van der Waals surface area contributed by atoms with Crippen molar-refractivity contribution in [2.75, 3.05) is 12.0 Å². The fourth-order valence-electron chi connectivity index (χ4n) is 2.64. The average molecular weight is 354 g/mol. The molecule has 2 aromatic carbocycles. The van der Waals surface area contributed by atoms with Gasteiger partial charge in [0.2, 0.25) is 0 Å². The second-order valence-electron chi connectivity index (χ2n) is 5.59. The molecule has 1 amide bonds. The van der Waals surface area contributed by atoms with Gasteiger partial charge >= 0.3 is 0 Å². The van der Waals surface area contributed by atoms with Crippen molar-refractivity contribution >= 4 is 11.6 Å². The predicted octanol–water partition coefficient (Wildman–Crippen LogP) is 3.25. The fraction of sp³-hybridized carbons (Fsp3) is 0.235. The zero-order valence-electron chi connectivity index (χ0n) is 13.0. The molecule has 0 saturated carbocycles. The first-order valence-electron chi connectivity index (χ1n) is 7.58. The molecular formula is C17H14F4N2O2. The molecule has 0 spiro atoms. The first-order chi connectivity index (χ1) is 12.0. The van der Waals surface area contributed by atoms with E-state index in [1.807, 2.05) is 23.0 Å². The summed E-state index contributed by atoms with van der Waals surface area (Å²) in [5.41, 5.74) is 5.05. The van der Waals surface area contributed by atoms with Gasteiger partial charge in [-0.15, -0.1) is 0 Å². The topological polar surface area (TPSA) is 50.4 Å². The Balaban J connectivity index is 1.57. The smallest absolute Gasteiger partial charge is 0.276 e. The summed E-state index contributed by atoms with van der Waals surface area (Å²) in [6, 6.07) is 5.57. The first-order valence-corrected chi connectivity index (χ1v) is 7.58. The van der Waals surface area contributed by atoms with Crippen LogP contribution in [0.2, 0.25) is 0 Å². The minimum absolute atomic E-state index is 0.0780. The average Bonchev–Trinajstić information content (AvgIpc) is 3.06. The van der Waals surface area contributed by atoms with Crippen molar-refractivity contribution in [1.82, 2.24) is 5.43 Å². The number of anilines is 1. The van der Waals surface area contributed by atoms with E-state index in [0.717, 1.165) is 24.8 Å². The summed E-state index contributed by atoms with van der Waals surface area (Å²) in [6.07, 6.45) is 3.04. The fourth-order valence-corrected chi connectivity index (χ4v) is 2.64. The highest BCUT2D eigenvalue weighted by molar-refractivity contribution is 5.79. The number of carbonyl (C=O) groups excluding carboxylic acids is 1. The molecule has 2 aromatic rings. The highest BCUT2D eigenvalue weighted by atomic mass is 19.2. The zero-order valence-corrected chi connectivity index (χ0v) is 13.0. The maximum atomic E-state index is 13.4. The Labute approximate surface area is 140 Å². The number of hydrogen-bond acceptors (Lipinski definition) is 3. The van der Waals surface area contributed by atoms with E-state index in [1.165, 1.54) is 5.56 Å². The van der Waals surface area contributed by atoms with E-state index >= 15 is 0 Å². The van der Waals surface area contributed by atoms with Crippen LogP contribution in [-0.4, -0.2) is 12.5 Å². The van der Waals surface area contributed by atoms with Gasteiger partial charge in [-0.2, -0.15) is 0 Å². The van der Waals surface area contributed by atoms with Gasteiger partial charge in [0.05, 0.1) is 0 Å². The summed E-state index contributed by atoms with van der Waals surface area (Å²) in [7, 11) is 0. The number of amides is 1. The van der Waals surface area contributed by atoms with Gasteiger partial charge in [0.1, 0.15) is 11.4 Å². The lowest BCUT2D eigenvalue weighted by molar-refractivity contribution is -0.122. The Morgan fingerprint density at radius 2 is 1.68 bits per heavy atom. The molecule has 8 heteroatoms. The number of halogens is 4. The van der Waals surface area contributed by atoms with Crippen LogP contribution in [0.1, 0.15) is 17.5 Å². The van der Waals surface area contributed by atoms with Crippen molar-refractivity contribution in [3.05, 3.63) is 58.7 Å². The van der Waals surface area contributed by atoms with E-state index in [1.54, 1.807) is 6.07 Å². The van der Waals surface area contributed by atoms with Crippen molar-refractivity contribution in [1.29, 1.82) is 0 Å². The third kappa shape index (κ3) is 3.67. The van der Waals surface area contributed by atoms with Gasteiger partial charge in [0.15, 0.2) is 29.9 Å². The lowest BCUT2D eigenvalue weighted by Crippen LogP contribution is -2.34. The quantitative estimate of drug-likeness (QED) is 0.492. The number of hydrogen-bond donors (Lipinski definition) is 2. The molecule has 132 valence electrons. The normalized spacial score (nSPS) is 12.6. The van der Waals surface area contributed by atoms with Crippen LogP contribution in [0.4, 0.5) is 23.2 Å². The molecule has 4 nitrogen and oxygen atoms in total. The Morgan fingerprint density at radius 1 is 1.00 bits per heavy atom. The summed E-state index contributed by atoms with van der Waals surface area (Å²) in [4.78, 5) is 11.7. The highest BCUT2D eigenvalue weighted by Gasteiger charge is 2.19. The van der Waals surface area contributed by atoms with Crippen molar-refractivity contribution in [3.63, 3.8) is 0 Å².